The van der Waals surface area contributed by atoms with Gasteiger partial charge in [0.2, 0.25) is 5.91 Å². The fourth-order valence-corrected chi connectivity index (χ4v) is 1.98. The molecule has 1 N–H and O–H groups in total. The molecule has 1 aliphatic heterocycles. The molecule has 1 aromatic rings. The number of ketones is 1. The number of hydrogen-bond acceptors (Lipinski definition) is 2. The molecule has 0 aromatic heterocycles. The van der Waals surface area contributed by atoms with Crippen LogP contribution in [0.1, 0.15) is 15.9 Å². The van der Waals surface area contributed by atoms with Gasteiger partial charge < -0.3 is 5.32 Å². The average Bonchev–Trinajstić information content (AvgIpc) is 2.55. The topological polar surface area (TPSA) is 46.2 Å². The van der Waals surface area contributed by atoms with E-state index in [1.807, 2.05) is 0 Å². The van der Waals surface area contributed by atoms with Crippen molar-refractivity contribution >= 4 is 40.6 Å². The smallest absolute Gasteiger partial charge is 0.228 e. The van der Waals surface area contributed by atoms with E-state index in [0.717, 1.165) is 0 Å². The Morgan fingerprint density at radius 2 is 2.20 bits per heavy atom. The van der Waals surface area contributed by atoms with Gasteiger partial charge in [0.25, 0.3) is 0 Å². The third-order valence-corrected chi connectivity index (χ3v) is 2.71. The lowest BCUT2D eigenvalue weighted by Crippen LogP contribution is -2.05. The lowest BCUT2D eigenvalue weighted by atomic mass is 10.0. The summed E-state index contributed by atoms with van der Waals surface area (Å²) in [6.45, 7) is 0. The third-order valence-electron chi connectivity index (χ3n) is 2.25. The van der Waals surface area contributed by atoms with E-state index in [1.54, 1.807) is 12.1 Å². The molecule has 1 aliphatic rings. The molecule has 0 fully saturated rings. The second-order valence-corrected chi connectivity index (χ2v) is 3.96. The summed E-state index contributed by atoms with van der Waals surface area (Å²) in [6.07, 6.45) is 0.213. The van der Waals surface area contributed by atoms with Crippen LogP contribution in [0.3, 0.4) is 0 Å². The van der Waals surface area contributed by atoms with Crippen LogP contribution >= 0.6 is 23.2 Å². The van der Waals surface area contributed by atoms with Crippen molar-refractivity contribution in [1.82, 2.24) is 0 Å². The maximum absolute atomic E-state index is 11.5. The molecule has 3 nitrogen and oxygen atoms in total. The summed E-state index contributed by atoms with van der Waals surface area (Å²) in [7, 11) is 0. The Kier molecular flexibility index (Phi) is 2.67. The van der Waals surface area contributed by atoms with Crippen molar-refractivity contribution in [3.8, 4) is 0 Å². The van der Waals surface area contributed by atoms with Crippen molar-refractivity contribution in [3.05, 3.63) is 28.3 Å². The van der Waals surface area contributed by atoms with E-state index in [9.17, 15) is 9.59 Å². The monoisotopic (exact) mass is 243 g/mol. The number of alkyl halides is 1. The Labute approximate surface area is 96.4 Å². The lowest BCUT2D eigenvalue weighted by Gasteiger charge is -2.05. The van der Waals surface area contributed by atoms with Gasteiger partial charge in [0.15, 0.2) is 5.78 Å². The standard InChI is InChI=1S/C10H7Cl2NO2/c11-4-9(14)7-1-5(12)2-8-6(7)3-10(15)13-8/h1-2H,3-4H2,(H,13,15). The molecule has 2 rings (SSSR count). The van der Waals surface area contributed by atoms with Crippen molar-refractivity contribution in [2.75, 3.05) is 11.2 Å². The lowest BCUT2D eigenvalue weighted by molar-refractivity contribution is -0.115. The van der Waals surface area contributed by atoms with Crippen molar-refractivity contribution in [3.63, 3.8) is 0 Å². The van der Waals surface area contributed by atoms with Gasteiger partial charge in [-0.2, -0.15) is 0 Å². The molecular weight excluding hydrogens is 237 g/mol. The highest BCUT2D eigenvalue weighted by atomic mass is 35.5. The number of amides is 1. The molecule has 0 radical (unpaired) electrons. The maximum atomic E-state index is 11.5. The highest BCUT2D eigenvalue weighted by molar-refractivity contribution is 6.33. The number of nitrogens with one attached hydrogen (secondary N) is 1. The molecule has 0 aliphatic carbocycles. The zero-order valence-corrected chi connectivity index (χ0v) is 9.15. The number of carbonyl (C=O) groups excluding carboxylic acids is 2. The van der Waals surface area contributed by atoms with Crippen LogP contribution < -0.4 is 5.32 Å². The SMILES string of the molecule is O=C1Cc2c(cc(Cl)cc2C(=O)CCl)N1. The molecule has 5 heteroatoms. The van der Waals surface area contributed by atoms with Crippen LogP contribution in [0.4, 0.5) is 5.69 Å². The molecule has 15 heavy (non-hydrogen) atoms. The van der Waals surface area contributed by atoms with Crippen LogP contribution in [0.5, 0.6) is 0 Å². The fourth-order valence-electron chi connectivity index (χ4n) is 1.61. The van der Waals surface area contributed by atoms with Crippen LogP contribution in [0.15, 0.2) is 12.1 Å². The van der Waals surface area contributed by atoms with Crippen molar-refractivity contribution < 1.29 is 9.59 Å². The minimum atomic E-state index is -0.216. The number of anilines is 1. The van der Waals surface area contributed by atoms with Crippen LogP contribution in [0, 0.1) is 0 Å². The van der Waals surface area contributed by atoms with Gasteiger partial charge in [0, 0.05) is 16.3 Å². The van der Waals surface area contributed by atoms with Gasteiger partial charge in [-0.15, -0.1) is 11.6 Å². The normalized spacial score (nSPS) is 13.6. The first-order valence-electron chi connectivity index (χ1n) is 4.33. The Balaban J connectivity index is 2.56. The minimum Gasteiger partial charge on any atom is -0.325 e. The van der Waals surface area contributed by atoms with E-state index in [4.69, 9.17) is 23.2 Å². The van der Waals surface area contributed by atoms with E-state index >= 15 is 0 Å². The van der Waals surface area contributed by atoms with E-state index in [0.29, 0.717) is 21.8 Å². The Morgan fingerprint density at radius 1 is 1.47 bits per heavy atom. The van der Waals surface area contributed by atoms with Crippen LogP contribution in [-0.4, -0.2) is 17.6 Å². The second-order valence-electron chi connectivity index (χ2n) is 3.26. The summed E-state index contributed by atoms with van der Waals surface area (Å²) in [5.74, 6) is -0.455. The molecule has 0 spiro atoms. The first-order valence-corrected chi connectivity index (χ1v) is 5.24. The first-order chi connectivity index (χ1) is 7.11. The summed E-state index contributed by atoms with van der Waals surface area (Å²) in [4.78, 5) is 22.7. The molecule has 1 aromatic carbocycles. The molecule has 0 bridgehead atoms. The summed E-state index contributed by atoms with van der Waals surface area (Å²) >= 11 is 11.3. The highest BCUT2D eigenvalue weighted by Crippen LogP contribution is 2.30. The summed E-state index contributed by atoms with van der Waals surface area (Å²) in [5, 5.41) is 3.06. The third kappa shape index (κ3) is 1.85. The summed E-state index contributed by atoms with van der Waals surface area (Å²) in [5.41, 5.74) is 1.74. The van der Waals surface area contributed by atoms with Crippen LogP contribution in [-0.2, 0) is 11.2 Å². The average molecular weight is 244 g/mol. The Morgan fingerprint density at radius 3 is 2.87 bits per heavy atom. The van der Waals surface area contributed by atoms with Crippen molar-refractivity contribution in [2.45, 2.75) is 6.42 Å². The number of fused-ring (bicyclic) bond motifs is 1. The highest BCUT2D eigenvalue weighted by Gasteiger charge is 2.24. The fraction of sp³-hybridized carbons (Fsp3) is 0.200. The summed E-state index contributed by atoms with van der Waals surface area (Å²) in [6, 6.07) is 3.18. The zero-order chi connectivity index (χ0) is 11.0. The van der Waals surface area contributed by atoms with Gasteiger partial charge in [0.05, 0.1) is 12.3 Å². The van der Waals surface area contributed by atoms with Gasteiger partial charge in [-0.1, -0.05) is 11.6 Å². The minimum absolute atomic E-state index is 0.110. The predicted molar refractivity (Wildman–Crippen MR) is 58.8 cm³/mol. The Bertz CT molecular complexity index is 457. The molecule has 0 atom stereocenters. The quantitative estimate of drug-likeness (QED) is 0.640. The number of hydrogen-bond donors (Lipinski definition) is 1. The van der Waals surface area contributed by atoms with E-state index in [-0.39, 0.29) is 24.0 Å². The number of rotatable bonds is 2. The van der Waals surface area contributed by atoms with Gasteiger partial charge >= 0.3 is 0 Å². The van der Waals surface area contributed by atoms with Crippen LogP contribution in [0.25, 0.3) is 0 Å². The maximum Gasteiger partial charge on any atom is 0.228 e. The summed E-state index contributed by atoms with van der Waals surface area (Å²) < 4.78 is 0. The molecule has 0 saturated heterocycles. The molecule has 1 amide bonds. The number of Topliss-reactive ketones (excluding diaryl/α,β-unsaturated/α-hetero) is 1. The van der Waals surface area contributed by atoms with Crippen molar-refractivity contribution in [2.24, 2.45) is 0 Å². The zero-order valence-electron chi connectivity index (χ0n) is 7.64. The largest absolute Gasteiger partial charge is 0.325 e. The molecular formula is C10H7Cl2NO2. The van der Waals surface area contributed by atoms with E-state index in [1.165, 1.54) is 0 Å². The van der Waals surface area contributed by atoms with Gasteiger partial charge in [-0.3, -0.25) is 9.59 Å². The number of benzene rings is 1. The van der Waals surface area contributed by atoms with Crippen LogP contribution in [0.2, 0.25) is 5.02 Å². The second kappa shape index (κ2) is 3.83. The van der Waals surface area contributed by atoms with Gasteiger partial charge in [-0.25, -0.2) is 0 Å². The molecule has 78 valence electrons. The van der Waals surface area contributed by atoms with Gasteiger partial charge in [-0.05, 0) is 17.7 Å². The van der Waals surface area contributed by atoms with E-state index < -0.39 is 0 Å². The number of carbonyl (C=O) groups is 2. The van der Waals surface area contributed by atoms with Crippen molar-refractivity contribution in [1.29, 1.82) is 0 Å². The van der Waals surface area contributed by atoms with E-state index in [2.05, 4.69) is 5.32 Å². The number of halogens is 2. The predicted octanol–water partition coefficient (Wildman–Crippen LogP) is 2.26. The first kappa shape index (κ1) is 10.5. The van der Waals surface area contributed by atoms with Gasteiger partial charge in [0.1, 0.15) is 0 Å². The molecule has 0 saturated carbocycles. The molecule has 0 unspecified atom stereocenters. The Hall–Kier alpha value is -1.06. The molecule has 1 heterocycles.